The molecule has 0 saturated heterocycles. The van der Waals surface area contributed by atoms with Gasteiger partial charge in [-0.1, -0.05) is 76.2 Å². The molecule has 0 amide bonds. The summed E-state index contributed by atoms with van der Waals surface area (Å²) in [4.78, 5) is 26.8. The van der Waals surface area contributed by atoms with Crippen LogP contribution >= 0.6 is 7.82 Å². The molecule has 2 aliphatic carbocycles. The summed E-state index contributed by atoms with van der Waals surface area (Å²) in [5, 5.41) is 11.4. The average molecular weight is 604 g/mol. The smallest absolute Gasteiger partial charge is 0.344 e. The Bertz CT molecular complexity index is 1130. The number of rotatable bonds is 17. The topological polar surface area (TPSA) is 105 Å². The molecule has 0 aromatic heterocycles. The molecule has 1 saturated carbocycles. The average Bonchev–Trinajstić information content (AvgIpc) is 3.39. The van der Waals surface area contributed by atoms with E-state index in [0.29, 0.717) is 24.8 Å². The van der Waals surface area contributed by atoms with E-state index in [1.165, 1.54) is 5.57 Å². The van der Waals surface area contributed by atoms with Crippen LogP contribution in [-0.2, 0) is 24.8 Å². The normalized spacial score (nSPS) is 21.5. The molecule has 1 aromatic carbocycles. The number of hydrogen-bond donors (Lipinski definition) is 1. The number of phenols is 1. The number of phosphoric acid groups is 1. The highest BCUT2D eigenvalue weighted by Crippen LogP contribution is 2.51. The predicted octanol–water partition coefficient (Wildman–Crippen LogP) is 8.83. The summed E-state index contributed by atoms with van der Waals surface area (Å²) in [7, 11) is -4.75. The van der Waals surface area contributed by atoms with E-state index < -0.39 is 19.4 Å². The highest BCUT2D eigenvalue weighted by molar-refractivity contribution is 7.46. The Morgan fingerprint density at radius 3 is 2.43 bits per heavy atom. The van der Waals surface area contributed by atoms with Gasteiger partial charge in [-0.3, -0.25) is 9.09 Å². The minimum absolute atomic E-state index is 0.0309. The van der Waals surface area contributed by atoms with Crippen molar-refractivity contribution in [3.63, 3.8) is 0 Å². The van der Waals surface area contributed by atoms with Crippen LogP contribution < -0.4 is 9.63 Å². The zero-order valence-corrected chi connectivity index (χ0v) is 27.1. The molecule has 236 valence electrons. The lowest BCUT2D eigenvalue weighted by atomic mass is 9.73. The van der Waals surface area contributed by atoms with Gasteiger partial charge in [-0.25, -0.2) is 4.79 Å². The number of aromatic hydroxyl groups is 1. The van der Waals surface area contributed by atoms with Gasteiger partial charge in [-0.05, 0) is 95.2 Å². The van der Waals surface area contributed by atoms with Gasteiger partial charge < -0.3 is 19.3 Å². The predicted molar refractivity (Wildman–Crippen MR) is 166 cm³/mol. The summed E-state index contributed by atoms with van der Waals surface area (Å²) < 4.78 is 29.7. The number of benzene rings is 1. The molecule has 1 aromatic rings. The third-order valence-corrected chi connectivity index (χ3v) is 9.80. The van der Waals surface area contributed by atoms with Crippen molar-refractivity contribution in [2.75, 3.05) is 6.61 Å². The first-order valence-electron chi connectivity index (χ1n) is 16.1. The third kappa shape index (κ3) is 9.54. The van der Waals surface area contributed by atoms with Crippen LogP contribution in [0, 0.1) is 5.92 Å². The zero-order chi connectivity index (χ0) is 30.8. The van der Waals surface area contributed by atoms with E-state index in [1.54, 1.807) is 6.07 Å². The van der Waals surface area contributed by atoms with Crippen LogP contribution in [0.2, 0.25) is 0 Å². The van der Waals surface area contributed by atoms with E-state index in [2.05, 4.69) is 33.4 Å². The minimum Gasteiger partial charge on any atom is -0.756 e. The Hall–Kier alpha value is -1.92. The van der Waals surface area contributed by atoms with Gasteiger partial charge in [0.1, 0.15) is 11.5 Å². The minimum atomic E-state index is -4.75. The van der Waals surface area contributed by atoms with Gasteiger partial charge in [0.2, 0.25) is 0 Å². The molecule has 0 spiro atoms. The van der Waals surface area contributed by atoms with E-state index in [9.17, 15) is 19.4 Å². The number of phosphoric ester groups is 1. The fourth-order valence-electron chi connectivity index (χ4n) is 6.31. The lowest BCUT2D eigenvalue weighted by Gasteiger charge is -2.35. The highest BCUT2D eigenvalue weighted by atomic mass is 31.2. The first kappa shape index (κ1) is 34.6. The Morgan fingerprint density at radius 1 is 1.10 bits per heavy atom. The number of aryl methyl sites for hydroxylation is 1. The molecule has 1 N–H and O–H groups in total. The number of carbonyl (C=O) groups is 1. The van der Waals surface area contributed by atoms with E-state index >= 15 is 0 Å². The molecule has 0 radical (unpaired) electrons. The van der Waals surface area contributed by atoms with Crippen molar-refractivity contribution < 1.29 is 33.1 Å². The standard InChI is InChI=1S/C34H53O7P/c1-6-8-10-11-15-21-39-42(37,38)41-34(19-13-14-20-34)33(36)40-31-24-27(16-12-9-7-2)23-30(35)32(31)29-22-26(5)17-18-28(29)25(3)4/h22-24,28-29,35H,3,6-21H2,1-2,4-5H3,(H,37,38)/p-1/t28-,29+/m0/s1. The first-order chi connectivity index (χ1) is 20.0. The van der Waals surface area contributed by atoms with Crippen LogP contribution in [0.3, 0.4) is 0 Å². The summed E-state index contributed by atoms with van der Waals surface area (Å²) in [5.41, 5.74) is 1.98. The van der Waals surface area contributed by atoms with E-state index in [4.69, 9.17) is 13.8 Å². The van der Waals surface area contributed by atoms with Crippen molar-refractivity contribution >= 4 is 13.8 Å². The first-order valence-corrected chi connectivity index (χ1v) is 17.5. The number of esters is 1. The quantitative estimate of drug-likeness (QED) is 0.0623. The van der Waals surface area contributed by atoms with Crippen LogP contribution in [0.5, 0.6) is 11.5 Å². The second kappa shape index (κ2) is 16.2. The summed E-state index contributed by atoms with van der Waals surface area (Å²) in [6.45, 7) is 12.6. The second-order valence-electron chi connectivity index (χ2n) is 12.4. The van der Waals surface area contributed by atoms with Gasteiger partial charge in [-0.2, -0.15) is 0 Å². The molecule has 7 nitrogen and oxygen atoms in total. The summed E-state index contributed by atoms with van der Waals surface area (Å²) >= 11 is 0. The van der Waals surface area contributed by atoms with Crippen LogP contribution in [0.1, 0.15) is 135 Å². The number of phenolic OH excluding ortho intramolecular Hbond substituents is 1. The van der Waals surface area contributed by atoms with E-state index in [0.717, 1.165) is 75.3 Å². The van der Waals surface area contributed by atoms with Crippen molar-refractivity contribution in [3.05, 3.63) is 47.1 Å². The van der Waals surface area contributed by atoms with Gasteiger partial charge >= 0.3 is 5.97 Å². The number of carbonyl (C=O) groups excluding carboxylic acids is 1. The largest absolute Gasteiger partial charge is 0.756 e. The van der Waals surface area contributed by atoms with Crippen LogP contribution in [0.4, 0.5) is 0 Å². The monoisotopic (exact) mass is 603 g/mol. The summed E-state index contributed by atoms with van der Waals surface area (Å²) in [6, 6.07) is 3.61. The van der Waals surface area contributed by atoms with Gasteiger partial charge in [0.25, 0.3) is 7.82 Å². The van der Waals surface area contributed by atoms with Gasteiger partial charge in [0.15, 0.2) is 5.60 Å². The van der Waals surface area contributed by atoms with Crippen LogP contribution in [0.25, 0.3) is 0 Å². The van der Waals surface area contributed by atoms with Crippen molar-refractivity contribution in [1.29, 1.82) is 0 Å². The van der Waals surface area contributed by atoms with Crippen molar-refractivity contribution in [2.45, 2.75) is 136 Å². The van der Waals surface area contributed by atoms with Crippen molar-refractivity contribution in [2.24, 2.45) is 5.92 Å². The maximum Gasteiger partial charge on any atom is 0.344 e. The Balaban J connectivity index is 1.90. The zero-order valence-electron chi connectivity index (χ0n) is 26.3. The van der Waals surface area contributed by atoms with E-state index in [-0.39, 0.29) is 42.8 Å². The number of ether oxygens (including phenoxy) is 1. The van der Waals surface area contributed by atoms with Crippen LogP contribution in [0.15, 0.2) is 35.9 Å². The Kier molecular flexibility index (Phi) is 13.4. The van der Waals surface area contributed by atoms with Gasteiger partial charge in [-0.15, -0.1) is 0 Å². The maximum atomic E-state index is 13.9. The molecular formula is C34H52O7P-. The fraction of sp³-hybridized carbons (Fsp3) is 0.676. The third-order valence-electron chi connectivity index (χ3n) is 8.73. The highest BCUT2D eigenvalue weighted by Gasteiger charge is 2.47. The lowest BCUT2D eigenvalue weighted by Crippen LogP contribution is -2.42. The molecule has 1 unspecified atom stereocenters. The van der Waals surface area contributed by atoms with E-state index in [1.807, 2.05) is 13.0 Å². The molecule has 0 heterocycles. The SMILES string of the molecule is C=C(C)[C@@H]1CCC(C)=C[C@H]1c1c(O)cc(CCCCC)cc1OC(=O)C1(OP(=O)([O-])OCCCCCCC)CCCC1. The molecule has 42 heavy (non-hydrogen) atoms. The van der Waals surface area contributed by atoms with Crippen molar-refractivity contribution in [3.8, 4) is 11.5 Å². The summed E-state index contributed by atoms with van der Waals surface area (Å²) in [5.74, 6) is -0.548. The molecule has 3 rings (SSSR count). The number of allylic oxidation sites excluding steroid dienone is 3. The molecule has 2 aliphatic rings. The number of unbranched alkanes of at least 4 members (excludes halogenated alkanes) is 6. The molecule has 0 aliphatic heterocycles. The van der Waals surface area contributed by atoms with Crippen molar-refractivity contribution in [1.82, 2.24) is 0 Å². The maximum absolute atomic E-state index is 13.9. The Labute approximate surface area is 253 Å². The summed E-state index contributed by atoms with van der Waals surface area (Å²) in [6.07, 6.45) is 14.2. The Morgan fingerprint density at radius 2 is 1.76 bits per heavy atom. The second-order valence-corrected chi connectivity index (χ2v) is 13.7. The fourth-order valence-corrected chi connectivity index (χ4v) is 7.40. The molecular weight excluding hydrogens is 551 g/mol. The molecule has 0 bridgehead atoms. The number of hydrogen-bond acceptors (Lipinski definition) is 7. The molecule has 1 fully saturated rings. The molecule has 3 atom stereocenters. The van der Waals surface area contributed by atoms with Crippen LogP contribution in [-0.4, -0.2) is 23.3 Å². The van der Waals surface area contributed by atoms with Gasteiger partial charge in [0.05, 0.1) is 6.61 Å². The molecule has 8 heteroatoms. The van der Waals surface area contributed by atoms with Gasteiger partial charge in [0, 0.05) is 11.5 Å². The lowest BCUT2D eigenvalue weighted by molar-refractivity contribution is -0.237.